The number of unbranched alkanes of at least 4 members (excludes halogenated alkanes) is 4. The van der Waals surface area contributed by atoms with E-state index in [4.69, 9.17) is 25.0 Å². The van der Waals surface area contributed by atoms with Gasteiger partial charge < -0.3 is 30.4 Å². The van der Waals surface area contributed by atoms with E-state index in [0.29, 0.717) is 64.5 Å². The van der Waals surface area contributed by atoms with E-state index in [1.165, 1.54) is 37.8 Å². The number of nitrogens with two attached hydrogens (primary N) is 1. The van der Waals surface area contributed by atoms with Crippen molar-refractivity contribution in [3.8, 4) is 22.5 Å². The van der Waals surface area contributed by atoms with Crippen LogP contribution in [0.5, 0.6) is 0 Å². The van der Waals surface area contributed by atoms with Gasteiger partial charge in [-0.3, -0.25) is 9.68 Å². The van der Waals surface area contributed by atoms with Crippen molar-refractivity contribution in [2.45, 2.75) is 39.0 Å². The molecule has 5 N–H and O–H groups in total. The van der Waals surface area contributed by atoms with Gasteiger partial charge in [0.05, 0.1) is 30.7 Å². The van der Waals surface area contributed by atoms with Crippen molar-refractivity contribution in [1.29, 1.82) is 5.41 Å². The second-order valence-corrected chi connectivity index (χ2v) is 9.98. The summed E-state index contributed by atoms with van der Waals surface area (Å²) in [5.41, 5.74) is 8.74. The van der Waals surface area contributed by atoms with Gasteiger partial charge in [0.2, 0.25) is 0 Å². The monoisotopic (exact) mass is 575 g/mol. The molecule has 2 aliphatic rings. The molecule has 10 nitrogen and oxygen atoms in total. The molecule has 0 atom stereocenters. The molecule has 1 amide bonds. The maximum Gasteiger partial charge on any atom is 0.373 e. The molecule has 0 saturated carbocycles. The first-order chi connectivity index (χ1) is 20.4. The van der Waals surface area contributed by atoms with Crippen LogP contribution in [0.4, 0.5) is 5.69 Å². The summed E-state index contributed by atoms with van der Waals surface area (Å²) in [6.45, 7) is 4.47. The number of benzene rings is 3. The highest BCUT2D eigenvalue weighted by molar-refractivity contribution is 6.09. The van der Waals surface area contributed by atoms with Crippen LogP contribution in [0.3, 0.4) is 0 Å². The zero-order valence-electron chi connectivity index (χ0n) is 23.7. The minimum Gasteiger partial charge on any atom is -0.456 e. The largest absolute Gasteiger partial charge is 0.456 e. The fourth-order valence-corrected chi connectivity index (χ4v) is 4.78. The predicted octanol–water partition coefficient (Wildman–Crippen LogP) is 5.63. The van der Waals surface area contributed by atoms with Gasteiger partial charge in [-0.2, -0.15) is 5.26 Å². The third kappa shape index (κ3) is 7.73. The van der Waals surface area contributed by atoms with Crippen LogP contribution in [0.25, 0.3) is 33.4 Å². The van der Waals surface area contributed by atoms with E-state index in [9.17, 15) is 14.8 Å². The average molecular weight is 576 g/mol. The fourth-order valence-electron chi connectivity index (χ4n) is 4.78. The predicted molar refractivity (Wildman–Crippen MR) is 159 cm³/mol. The van der Waals surface area contributed by atoms with Crippen molar-refractivity contribution in [1.82, 2.24) is 5.32 Å². The van der Waals surface area contributed by atoms with Gasteiger partial charge in [-0.05, 0) is 54.4 Å². The van der Waals surface area contributed by atoms with Gasteiger partial charge in [0.1, 0.15) is 11.3 Å². The lowest BCUT2D eigenvalue weighted by Crippen LogP contribution is -2.27. The molecule has 0 bridgehead atoms. The zero-order chi connectivity index (χ0) is 29.9. The van der Waals surface area contributed by atoms with E-state index in [-0.39, 0.29) is 23.4 Å². The van der Waals surface area contributed by atoms with Crippen LogP contribution in [0.2, 0.25) is 0 Å². The van der Waals surface area contributed by atoms with Gasteiger partial charge in [0, 0.05) is 53.0 Å². The Hall–Kier alpha value is -4.25. The minimum absolute atomic E-state index is 0.0447. The third-order valence-electron chi connectivity index (χ3n) is 6.90. The number of hydrogen-bond acceptors (Lipinski definition) is 9. The van der Waals surface area contributed by atoms with Gasteiger partial charge in [-0.1, -0.05) is 32.6 Å². The molecule has 0 aromatic heterocycles. The summed E-state index contributed by atoms with van der Waals surface area (Å²) in [6, 6.07) is 14.4. The smallest absolute Gasteiger partial charge is 0.373 e. The lowest BCUT2D eigenvalue weighted by atomic mass is 9.89. The highest BCUT2D eigenvalue weighted by atomic mass is 17.1. The van der Waals surface area contributed by atoms with E-state index in [1.54, 1.807) is 42.5 Å². The summed E-state index contributed by atoms with van der Waals surface area (Å²) in [4.78, 5) is 29.7. The van der Waals surface area contributed by atoms with Crippen molar-refractivity contribution in [3.05, 3.63) is 71.1 Å². The first-order valence-corrected chi connectivity index (χ1v) is 14.2. The standard InChI is InChI=1S/C32H37N3O7/c1-2-3-4-5-6-14-39-16-17-40-15-13-35-31(36)21-7-10-24(32(37)42-38)27(18-21)30-25-11-8-22(33)19-28(25)41-29-20-23(34)9-12-26(29)30/h7-12,18-20,33,38H,2-6,13-17,34H2,1H3,(H,35,36). The number of hydrogen-bond donors (Lipinski definition) is 4. The fraction of sp³-hybridized carbons (Fsp3) is 0.344. The second kappa shape index (κ2) is 15.1. The average Bonchev–Trinajstić information content (AvgIpc) is 2.99. The summed E-state index contributed by atoms with van der Waals surface area (Å²) in [6.07, 6.45) is 5.95. The Labute approximate surface area is 244 Å². The Bertz CT molecular complexity index is 1550. The molecule has 1 heterocycles. The molecule has 2 aromatic rings. The van der Waals surface area contributed by atoms with E-state index < -0.39 is 5.97 Å². The third-order valence-corrected chi connectivity index (χ3v) is 6.90. The van der Waals surface area contributed by atoms with Crippen molar-refractivity contribution < 1.29 is 33.6 Å². The summed E-state index contributed by atoms with van der Waals surface area (Å²) >= 11 is 0. The van der Waals surface area contributed by atoms with E-state index in [2.05, 4.69) is 17.1 Å². The molecule has 42 heavy (non-hydrogen) atoms. The molecule has 1 aliphatic heterocycles. The SMILES string of the molecule is CCCCCCCOCCOCCNC(=O)c1ccc(C(=O)OO)c(-c2c3ccc(=N)cc-3oc3cc(N)ccc23)c1. The number of nitrogens with one attached hydrogen (secondary N) is 2. The molecular formula is C32H37N3O7. The molecule has 10 heteroatoms. The molecule has 4 rings (SSSR count). The number of rotatable bonds is 15. The number of nitrogen functional groups attached to an aromatic ring is 1. The van der Waals surface area contributed by atoms with Crippen LogP contribution >= 0.6 is 0 Å². The Kier molecular flexibility index (Phi) is 11.0. The highest BCUT2D eigenvalue weighted by Gasteiger charge is 2.24. The van der Waals surface area contributed by atoms with Gasteiger partial charge >= 0.3 is 5.97 Å². The van der Waals surface area contributed by atoms with Crippen LogP contribution in [0, 0.1) is 5.41 Å². The second-order valence-electron chi connectivity index (χ2n) is 9.98. The first kappa shape index (κ1) is 30.7. The van der Waals surface area contributed by atoms with Gasteiger partial charge in [-0.15, -0.1) is 0 Å². The van der Waals surface area contributed by atoms with Gasteiger partial charge in [0.15, 0.2) is 0 Å². The van der Waals surface area contributed by atoms with Crippen molar-refractivity contribution in [3.63, 3.8) is 0 Å². The summed E-state index contributed by atoms with van der Waals surface area (Å²) in [7, 11) is 0. The number of carbonyl (C=O) groups is 2. The number of ether oxygens (including phenoxy) is 2. The first-order valence-electron chi connectivity index (χ1n) is 14.2. The number of amides is 1. The molecule has 0 spiro atoms. The van der Waals surface area contributed by atoms with E-state index >= 15 is 0 Å². The maximum absolute atomic E-state index is 13.1. The molecule has 0 saturated heterocycles. The Morgan fingerprint density at radius 1 is 0.905 bits per heavy atom. The quantitative estimate of drug-likeness (QED) is 0.0467. The van der Waals surface area contributed by atoms with Gasteiger partial charge in [0.25, 0.3) is 5.91 Å². The van der Waals surface area contributed by atoms with Crippen molar-refractivity contribution in [2.24, 2.45) is 0 Å². The number of anilines is 1. The topological polar surface area (TPSA) is 157 Å². The van der Waals surface area contributed by atoms with Crippen LogP contribution < -0.4 is 16.4 Å². The number of carbonyl (C=O) groups excluding carboxylic acids is 2. The van der Waals surface area contributed by atoms with Crippen LogP contribution in [-0.4, -0.2) is 50.1 Å². The summed E-state index contributed by atoms with van der Waals surface area (Å²) in [5, 5.41) is 20.9. The highest BCUT2D eigenvalue weighted by Crippen LogP contribution is 2.42. The van der Waals surface area contributed by atoms with E-state index in [1.807, 2.05) is 0 Å². The Morgan fingerprint density at radius 3 is 2.48 bits per heavy atom. The maximum atomic E-state index is 13.1. The summed E-state index contributed by atoms with van der Waals surface area (Å²) in [5.74, 6) is -0.950. The normalized spacial score (nSPS) is 11.2. The Balaban J connectivity index is 1.49. The van der Waals surface area contributed by atoms with Crippen molar-refractivity contribution >= 4 is 28.5 Å². The molecule has 1 aliphatic carbocycles. The molecule has 0 radical (unpaired) electrons. The van der Waals surface area contributed by atoms with Gasteiger partial charge in [-0.25, -0.2) is 4.79 Å². The van der Waals surface area contributed by atoms with Crippen LogP contribution in [0.1, 0.15) is 59.7 Å². The molecule has 0 fully saturated rings. The lowest BCUT2D eigenvalue weighted by molar-refractivity contribution is -0.182. The molecule has 2 aromatic carbocycles. The van der Waals surface area contributed by atoms with Crippen LogP contribution in [0.15, 0.2) is 59.0 Å². The minimum atomic E-state index is -0.983. The number of fused-ring (bicyclic) bond motifs is 2. The lowest BCUT2D eigenvalue weighted by Gasteiger charge is -2.18. The van der Waals surface area contributed by atoms with Crippen LogP contribution in [-0.2, 0) is 14.4 Å². The zero-order valence-corrected chi connectivity index (χ0v) is 23.7. The molecule has 222 valence electrons. The summed E-state index contributed by atoms with van der Waals surface area (Å²) < 4.78 is 17.2. The molecule has 0 unspecified atom stereocenters. The van der Waals surface area contributed by atoms with E-state index in [0.717, 1.165) is 13.0 Å². The molecular weight excluding hydrogens is 538 g/mol. The van der Waals surface area contributed by atoms with Crippen molar-refractivity contribution in [2.75, 3.05) is 38.7 Å². The Morgan fingerprint density at radius 2 is 1.69 bits per heavy atom.